The normalized spacial score (nSPS) is 14.1. The van der Waals surface area contributed by atoms with Crippen molar-refractivity contribution in [3.05, 3.63) is 28.8 Å². The van der Waals surface area contributed by atoms with Gasteiger partial charge in [0.15, 0.2) is 18.0 Å². The molecular weight excluding hydrogens is 517 g/mol. The zero-order valence-electron chi connectivity index (χ0n) is 20.9. The fourth-order valence-electron chi connectivity index (χ4n) is 2.61. The van der Waals surface area contributed by atoms with Gasteiger partial charge < -0.3 is 39.1 Å². The summed E-state index contributed by atoms with van der Waals surface area (Å²) in [6.07, 6.45) is -1.00. The molecule has 0 saturated heterocycles. The van der Waals surface area contributed by atoms with E-state index < -0.39 is 51.8 Å². The minimum atomic E-state index is -4.06. The Hall–Kier alpha value is -2.85. The van der Waals surface area contributed by atoms with Gasteiger partial charge in [0.2, 0.25) is 12.7 Å². The fraction of sp³-hybridized carbons (Fsp3) is 0.600. The molecule has 2 aromatic rings. The standard InChI is InChI=1S/C20H32N5O11P/c1-12(2)35-19(27)31-9-33-37(29,34-10-32-20(28)36-13(3)4)11-30-7-14(5)6-25-8-22-15-16(25)23-18(21)24-17(15)26/h8,12-13,19,27H,5-7,9-11H2,1-4H3,(H3,21,23,24,26). The highest BCUT2D eigenvalue weighted by Crippen LogP contribution is 2.48. The lowest BCUT2D eigenvalue weighted by Crippen LogP contribution is -2.22. The van der Waals surface area contributed by atoms with E-state index in [1.165, 1.54) is 10.9 Å². The lowest BCUT2D eigenvalue weighted by Gasteiger charge is -2.20. The Morgan fingerprint density at radius 1 is 1.24 bits per heavy atom. The summed E-state index contributed by atoms with van der Waals surface area (Å²) in [4.78, 5) is 33.8. The number of aliphatic hydroxyl groups excluding tert-OH is 1. The Balaban J connectivity index is 1.93. The molecule has 0 fully saturated rings. The SMILES string of the molecule is C=C(COCP(=O)(OCOC(=O)OC(C)C)OCOC(O)OC(C)C)Cn1cnc2c(=O)[nH]c(N)nc21. The van der Waals surface area contributed by atoms with Crippen molar-refractivity contribution in [3.8, 4) is 0 Å². The van der Waals surface area contributed by atoms with Crippen molar-refractivity contribution in [2.24, 2.45) is 0 Å². The van der Waals surface area contributed by atoms with Crippen LogP contribution >= 0.6 is 7.60 Å². The highest BCUT2D eigenvalue weighted by atomic mass is 31.2. The quantitative estimate of drug-likeness (QED) is 0.118. The first kappa shape index (κ1) is 30.4. The monoisotopic (exact) mass is 549 g/mol. The van der Waals surface area contributed by atoms with Gasteiger partial charge in [-0.1, -0.05) is 6.58 Å². The van der Waals surface area contributed by atoms with Crippen LogP contribution < -0.4 is 11.3 Å². The molecule has 2 aromatic heterocycles. The maximum atomic E-state index is 13.1. The molecule has 0 aliphatic carbocycles. The number of carbonyl (C=O) groups excluding carboxylic acids is 1. The maximum absolute atomic E-state index is 13.1. The Kier molecular flexibility index (Phi) is 11.6. The van der Waals surface area contributed by atoms with Crippen molar-refractivity contribution < 1.29 is 47.2 Å². The molecule has 0 aromatic carbocycles. The van der Waals surface area contributed by atoms with E-state index in [2.05, 4.69) is 21.5 Å². The first-order chi connectivity index (χ1) is 17.4. The summed E-state index contributed by atoms with van der Waals surface area (Å²) in [7, 11) is -4.06. The van der Waals surface area contributed by atoms with Gasteiger partial charge in [-0.3, -0.25) is 23.4 Å². The number of nitrogens with one attached hydrogen (secondary N) is 1. The Bertz CT molecular complexity index is 1150. The van der Waals surface area contributed by atoms with Gasteiger partial charge in [-0.15, -0.1) is 0 Å². The van der Waals surface area contributed by atoms with Gasteiger partial charge in [0, 0.05) is 6.54 Å². The third-order valence-corrected chi connectivity index (χ3v) is 5.55. The second kappa shape index (κ2) is 14.2. The van der Waals surface area contributed by atoms with Crippen molar-refractivity contribution in [2.45, 2.75) is 52.9 Å². The number of anilines is 1. The number of aromatic amines is 1. The van der Waals surface area contributed by atoms with Crippen LogP contribution in [-0.2, 0) is 43.8 Å². The van der Waals surface area contributed by atoms with Crippen molar-refractivity contribution in [1.29, 1.82) is 0 Å². The molecule has 16 nitrogen and oxygen atoms in total. The number of hydrogen-bond donors (Lipinski definition) is 3. The number of aromatic nitrogens is 4. The average Bonchev–Trinajstić information content (AvgIpc) is 3.15. The van der Waals surface area contributed by atoms with E-state index in [1.807, 2.05) is 0 Å². The van der Waals surface area contributed by atoms with E-state index in [1.54, 1.807) is 27.7 Å². The molecular formula is C20H32N5O11P. The number of imidazole rings is 1. The molecule has 37 heavy (non-hydrogen) atoms. The number of aliphatic hydroxyl groups is 1. The van der Waals surface area contributed by atoms with Crippen LogP contribution in [0.5, 0.6) is 0 Å². The predicted molar refractivity (Wildman–Crippen MR) is 128 cm³/mol. The van der Waals surface area contributed by atoms with Gasteiger partial charge in [-0.25, -0.2) is 9.78 Å². The van der Waals surface area contributed by atoms with E-state index in [-0.39, 0.29) is 36.4 Å². The third kappa shape index (κ3) is 10.6. The summed E-state index contributed by atoms with van der Waals surface area (Å²) in [6.45, 7) is 7.43. The molecule has 208 valence electrons. The highest BCUT2D eigenvalue weighted by Gasteiger charge is 2.27. The first-order valence-electron chi connectivity index (χ1n) is 11.0. The van der Waals surface area contributed by atoms with E-state index in [4.69, 9.17) is 38.5 Å². The van der Waals surface area contributed by atoms with Crippen LogP contribution in [0.3, 0.4) is 0 Å². The van der Waals surface area contributed by atoms with Gasteiger partial charge in [0.05, 0.1) is 25.1 Å². The van der Waals surface area contributed by atoms with Crippen LogP contribution in [0.2, 0.25) is 0 Å². The summed E-state index contributed by atoms with van der Waals surface area (Å²) in [5.74, 6) is -0.0676. The number of hydrogen-bond acceptors (Lipinski definition) is 14. The molecule has 0 amide bonds. The second-order valence-corrected chi connectivity index (χ2v) is 10.0. The molecule has 4 N–H and O–H groups in total. The van der Waals surface area contributed by atoms with Crippen LogP contribution in [0.25, 0.3) is 11.2 Å². The molecule has 2 unspecified atom stereocenters. The fourth-order valence-corrected chi connectivity index (χ4v) is 3.58. The van der Waals surface area contributed by atoms with E-state index >= 15 is 0 Å². The molecule has 0 radical (unpaired) electrons. The van der Waals surface area contributed by atoms with Gasteiger partial charge >= 0.3 is 13.8 Å². The van der Waals surface area contributed by atoms with Crippen LogP contribution in [0.15, 0.2) is 23.3 Å². The Labute approximate surface area is 212 Å². The summed E-state index contributed by atoms with van der Waals surface area (Å²) in [5.41, 5.74) is 5.95. The van der Waals surface area contributed by atoms with Crippen LogP contribution in [0.1, 0.15) is 27.7 Å². The topological polar surface area (TPSA) is 209 Å². The van der Waals surface area contributed by atoms with Crippen LogP contribution in [0, 0.1) is 0 Å². The number of nitrogens with zero attached hydrogens (tertiary/aromatic N) is 3. The molecule has 0 spiro atoms. The van der Waals surface area contributed by atoms with E-state index in [9.17, 15) is 19.3 Å². The number of H-pyrrole nitrogens is 1. The summed E-state index contributed by atoms with van der Waals surface area (Å²) in [6, 6.07) is 0. The lowest BCUT2D eigenvalue weighted by molar-refractivity contribution is -0.294. The zero-order chi connectivity index (χ0) is 27.6. The van der Waals surface area contributed by atoms with E-state index in [0.717, 1.165) is 0 Å². The van der Waals surface area contributed by atoms with Crippen molar-refractivity contribution in [1.82, 2.24) is 19.5 Å². The molecule has 0 saturated carbocycles. The summed E-state index contributed by atoms with van der Waals surface area (Å²) in [5, 5.41) is 9.60. The third-order valence-electron chi connectivity index (χ3n) is 4.05. The number of nitrogen functional groups attached to an aromatic ring is 1. The number of carbonyl (C=O) groups is 1. The van der Waals surface area contributed by atoms with Crippen LogP contribution in [-0.4, -0.2) is 76.0 Å². The minimum Gasteiger partial charge on any atom is -0.432 e. The van der Waals surface area contributed by atoms with E-state index in [0.29, 0.717) is 5.57 Å². The zero-order valence-corrected chi connectivity index (χ0v) is 21.8. The molecule has 17 heteroatoms. The minimum absolute atomic E-state index is 0.0676. The molecule has 2 rings (SSSR count). The van der Waals surface area contributed by atoms with Crippen molar-refractivity contribution in [2.75, 3.05) is 32.3 Å². The molecule has 2 atom stereocenters. The number of fused-ring (bicyclic) bond motifs is 1. The second-order valence-electron chi connectivity index (χ2n) is 8.05. The number of rotatable bonds is 16. The van der Waals surface area contributed by atoms with Crippen LogP contribution in [0.4, 0.5) is 10.7 Å². The predicted octanol–water partition coefficient (Wildman–Crippen LogP) is 1.65. The Morgan fingerprint density at radius 2 is 1.95 bits per heavy atom. The first-order valence-corrected chi connectivity index (χ1v) is 12.7. The van der Waals surface area contributed by atoms with Gasteiger partial charge in [0.1, 0.15) is 6.35 Å². The average molecular weight is 549 g/mol. The molecule has 0 bridgehead atoms. The van der Waals surface area contributed by atoms with Gasteiger partial charge in [-0.2, -0.15) is 4.98 Å². The maximum Gasteiger partial charge on any atom is 0.510 e. The lowest BCUT2D eigenvalue weighted by atomic mass is 10.3. The molecule has 2 heterocycles. The van der Waals surface area contributed by atoms with Gasteiger partial charge in [-0.05, 0) is 33.3 Å². The summed E-state index contributed by atoms with van der Waals surface area (Å²) >= 11 is 0. The van der Waals surface area contributed by atoms with Gasteiger partial charge in [0.25, 0.3) is 12.0 Å². The van der Waals surface area contributed by atoms with Crippen molar-refractivity contribution in [3.63, 3.8) is 0 Å². The number of ether oxygens (including phenoxy) is 5. The largest absolute Gasteiger partial charge is 0.510 e. The number of nitrogens with two attached hydrogens (primary N) is 1. The smallest absolute Gasteiger partial charge is 0.432 e. The van der Waals surface area contributed by atoms with Crippen molar-refractivity contribution >= 4 is 30.9 Å². The molecule has 0 aliphatic rings. The summed E-state index contributed by atoms with van der Waals surface area (Å²) < 4.78 is 49.6. The highest BCUT2D eigenvalue weighted by molar-refractivity contribution is 7.53. The molecule has 0 aliphatic heterocycles. The Morgan fingerprint density at radius 3 is 2.62 bits per heavy atom.